The molecule has 0 saturated heterocycles. The van der Waals surface area contributed by atoms with Crippen molar-refractivity contribution in [1.82, 2.24) is 0 Å². The van der Waals surface area contributed by atoms with Crippen molar-refractivity contribution < 1.29 is 10.2 Å². The van der Waals surface area contributed by atoms with Crippen LogP contribution in [0.15, 0.2) is 0 Å². The second-order valence-corrected chi connectivity index (χ2v) is 0.408. The summed E-state index contributed by atoms with van der Waals surface area (Å²) in [6.07, 6.45) is 0. The zero-order chi connectivity index (χ0) is 3.41. The third-order valence-electron chi connectivity index (χ3n) is 0.0833. The Kier molecular flexibility index (Phi) is 16.3. The Labute approximate surface area is 47.8 Å². The first-order chi connectivity index (χ1) is 1.91. The SMILES string of the molecule is [O-]CC[O-].[Sn+2]. The van der Waals surface area contributed by atoms with Gasteiger partial charge in [0, 0.05) is 0 Å². The Hall–Kier alpha value is 0.719. The van der Waals surface area contributed by atoms with Gasteiger partial charge < -0.3 is 10.2 Å². The van der Waals surface area contributed by atoms with E-state index in [0.29, 0.717) is 0 Å². The van der Waals surface area contributed by atoms with Crippen LogP contribution < -0.4 is 10.2 Å². The van der Waals surface area contributed by atoms with Crippen molar-refractivity contribution in [3.05, 3.63) is 0 Å². The molecule has 0 bridgehead atoms. The zero-order valence-corrected chi connectivity index (χ0v) is 5.58. The van der Waals surface area contributed by atoms with E-state index in [1.54, 1.807) is 0 Å². The molecule has 5 heavy (non-hydrogen) atoms. The number of hydrogen-bond donors (Lipinski definition) is 0. The third kappa shape index (κ3) is 11.8. The Bertz CT molecular complexity index is 9.61. The summed E-state index contributed by atoms with van der Waals surface area (Å²) < 4.78 is 0. The van der Waals surface area contributed by atoms with Gasteiger partial charge in [-0.15, -0.1) is 0 Å². The Morgan fingerprint density at radius 3 is 1.20 bits per heavy atom. The van der Waals surface area contributed by atoms with Crippen LogP contribution in [0, 0.1) is 0 Å². The van der Waals surface area contributed by atoms with Gasteiger partial charge in [-0.05, 0) is 0 Å². The smallest absolute Gasteiger partial charge is 0.855 e. The second kappa shape index (κ2) is 8.83. The van der Waals surface area contributed by atoms with E-state index in [1.165, 1.54) is 0 Å². The first kappa shape index (κ1) is 9.21. The topological polar surface area (TPSA) is 46.1 Å². The second-order valence-electron chi connectivity index (χ2n) is 0.408. The minimum atomic E-state index is -0.486. The van der Waals surface area contributed by atoms with Crippen LogP contribution in [0.4, 0.5) is 0 Å². The quantitative estimate of drug-likeness (QED) is 0.412. The van der Waals surface area contributed by atoms with Gasteiger partial charge in [-0.25, -0.2) is 0 Å². The van der Waals surface area contributed by atoms with Crippen molar-refractivity contribution in [3.63, 3.8) is 0 Å². The van der Waals surface area contributed by atoms with E-state index in [0.717, 1.165) is 0 Å². The molecule has 0 aliphatic rings. The van der Waals surface area contributed by atoms with Crippen molar-refractivity contribution in [2.24, 2.45) is 0 Å². The van der Waals surface area contributed by atoms with Gasteiger partial charge in [0.2, 0.25) is 0 Å². The average Bonchev–Trinajstić information content (AvgIpc) is 1.37. The van der Waals surface area contributed by atoms with E-state index < -0.39 is 13.2 Å². The first-order valence-corrected chi connectivity index (χ1v) is 1.08. The molecule has 2 radical (unpaired) electrons. The van der Waals surface area contributed by atoms with Crippen molar-refractivity contribution in [3.8, 4) is 0 Å². The molecule has 0 aliphatic heterocycles. The van der Waals surface area contributed by atoms with Crippen molar-refractivity contribution in [2.75, 3.05) is 13.2 Å². The third-order valence-corrected chi connectivity index (χ3v) is 0.0833. The van der Waals surface area contributed by atoms with E-state index in [9.17, 15) is 0 Å². The molecule has 3 heteroatoms. The molecular weight excluding hydrogens is 175 g/mol. The molecular formula is C2H4O2Sn. The van der Waals surface area contributed by atoms with Crippen molar-refractivity contribution in [2.45, 2.75) is 0 Å². The van der Waals surface area contributed by atoms with Crippen LogP contribution in [-0.2, 0) is 0 Å². The molecule has 0 aliphatic carbocycles. The maximum absolute atomic E-state index is 8.99. The maximum Gasteiger partial charge on any atom is 2.00 e. The van der Waals surface area contributed by atoms with Gasteiger partial charge in [0.1, 0.15) is 0 Å². The molecule has 0 spiro atoms. The summed E-state index contributed by atoms with van der Waals surface area (Å²) in [5.41, 5.74) is 0. The first-order valence-electron chi connectivity index (χ1n) is 1.08. The van der Waals surface area contributed by atoms with Gasteiger partial charge in [0.15, 0.2) is 0 Å². The number of hydrogen-bond acceptors (Lipinski definition) is 2. The Balaban J connectivity index is 0. The van der Waals surface area contributed by atoms with Crippen LogP contribution in [-0.4, -0.2) is 37.1 Å². The summed E-state index contributed by atoms with van der Waals surface area (Å²) >= 11 is 0. The fourth-order valence-electron chi connectivity index (χ4n) is 0. The summed E-state index contributed by atoms with van der Waals surface area (Å²) in [6, 6.07) is 0. The summed E-state index contributed by atoms with van der Waals surface area (Å²) in [4.78, 5) is 0. The summed E-state index contributed by atoms with van der Waals surface area (Å²) in [5.74, 6) is 0. The molecule has 0 aromatic rings. The van der Waals surface area contributed by atoms with Crippen LogP contribution in [0.5, 0.6) is 0 Å². The standard InChI is InChI=1S/C2H4O2.Sn/c3-1-2-4;/h1-2H2;/q-2;+2. The molecule has 0 aromatic carbocycles. The molecule has 28 valence electrons. The normalized spacial score (nSPS) is 6.00. The summed E-state index contributed by atoms with van der Waals surface area (Å²) in [5, 5.41) is 18.0. The molecule has 0 aromatic heterocycles. The van der Waals surface area contributed by atoms with Crippen LogP contribution in [0.25, 0.3) is 0 Å². The van der Waals surface area contributed by atoms with Crippen LogP contribution >= 0.6 is 0 Å². The predicted octanol–water partition coefficient (Wildman–Crippen LogP) is -2.67. The molecule has 0 amide bonds. The van der Waals surface area contributed by atoms with Crippen LogP contribution in [0.1, 0.15) is 0 Å². The fraction of sp³-hybridized carbons (Fsp3) is 1.00. The van der Waals surface area contributed by atoms with E-state index >= 15 is 0 Å². The van der Waals surface area contributed by atoms with E-state index in [4.69, 9.17) is 10.2 Å². The fourth-order valence-corrected chi connectivity index (χ4v) is 0. The van der Waals surface area contributed by atoms with E-state index in [1.807, 2.05) is 0 Å². The molecule has 0 fully saturated rings. The molecule has 0 atom stereocenters. The summed E-state index contributed by atoms with van der Waals surface area (Å²) in [6.45, 7) is -0.972. The molecule has 0 N–H and O–H groups in total. The van der Waals surface area contributed by atoms with E-state index in [2.05, 4.69) is 0 Å². The van der Waals surface area contributed by atoms with Crippen molar-refractivity contribution >= 4 is 23.9 Å². The predicted molar refractivity (Wildman–Crippen MR) is 15.5 cm³/mol. The van der Waals surface area contributed by atoms with E-state index in [-0.39, 0.29) is 23.9 Å². The van der Waals surface area contributed by atoms with Crippen molar-refractivity contribution in [1.29, 1.82) is 0 Å². The van der Waals surface area contributed by atoms with Gasteiger partial charge in [-0.3, -0.25) is 0 Å². The zero-order valence-electron chi connectivity index (χ0n) is 2.73. The maximum atomic E-state index is 8.99. The van der Waals surface area contributed by atoms with Gasteiger partial charge >= 0.3 is 23.9 Å². The summed E-state index contributed by atoms with van der Waals surface area (Å²) in [7, 11) is 0. The number of rotatable bonds is 1. The Morgan fingerprint density at radius 2 is 1.20 bits per heavy atom. The van der Waals surface area contributed by atoms with Crippen LogP contribution in [0.3, 0.4) is 0 Å². The van der Waals surface area contributed by atoms with Gasteiger partial charge in [-0.1, -0.05) is 0 Å². The minimum absolute atomic E-state index is 0. The molecule has 0 unspecified atom stereocenters. The molecule has 0 rings (SSSR count). The van der Waals surface area contributed by atoms with Gasteiger partial charge in [-0.2, -0.15) is 13.2 Å². The van der Waals surface area contributed by atoms with Gasteiger partial charge in [0.05, 0.1) is 0 Å². The molecule has 2 nitrogen and oxygen atoms in total. The van der Waals surface area contributed by atoms with Gasteiger partial charge in [0.25, 0.3) is 0 Å². The average molecular weight is 179 g/mol. The minimum Gasteiger partial charge on any atom is -0.855 e. The monoisotopic (exact) mass is 180 g/mol. The Morgan fingerprint density at radius 1 is 1.00 bits per heavy atom. The molecule has 0 saturated carbocycles. The molecule has 0 heterocycles. The van der Waals surface area contributed by atoms with Crippen LogP contribution in [0.2, 0.25) is 0 Å². The largest absolute Gasteiger partial charge is 2.00 e.